The van der Waals surface area contributed by atoms with Crippen molar-refractivity contribution in [2.75, 3.05) is 32.8 Å². The van der Waals surface area contributed by atoms with Crippen molar-refractivity contribution in [1.29, 1.82) is 0 Å². The van der Waals surface area contributed by atoms with Gasteiger partial charge in [0, 0.05) is 25.6 Å². The van der Waals surface area contributed by atoms with Gasteiger partial charge in [-0.2, -0.15) is 0 Å². The smallest absolute Gasteiger partial charge is 0.227 e. The normalized spacial score (nSPS) is 25.4. The average Bonchev–Trinajstić information content (AvgIpc) is 3.19. The molecule has 2 saturated heterocycles. The molecular formula is C17H24N2O2. The van der Waals surface area contributed by atoms with Crippen molar-refractivity contribution in [2.45, 2.75) is 19.4 Å². The van der Waals surface area contributed by atoms with Crippen LogP contribution in [0.15, 0.2) is 30.3 Å². The lowest BCUT2D eigenvalue weighted by atomic mass is 10.1. The van der Waals surface area contributed by atoms with Crippen molar-refractivity contribution < 1.29 is 9.53 Å². The number of benzene rings is 1. The van der Waals surface area contributed by atoms with Crippen LogP contribution in [-0.2, 0) is 16.1 Å². The van der Waals surface area contributed by atoms with Gasteiger partial charge in [-0.15, -0.1) is 0 Å². The summed E-state index contributed by atoms with van der Waals surface area (Å²) < 4.78 is 5.81. The van der Waals surface area contributed by atoms with Gasteiger partial charge in [0.15, 0.2) is 0 Å². The molecule has 0 bridgehead atoms. The number of nitrogens with one attached hydrogen (secondary N) is 1. The van der Waals surface area contributed by atoms with Crippen molar-refractivity contribution in [3.8, 4) is 0 Å². The van der Waals surface area contributed by atoms with E-state index in [1.54, 1.807) is 0 Å². The molecule has 114 valence electrons. The van der Waals surface area contributed by atoms with Crippen LogP contribution in [0.5, 0.6) is 0 Å². The minimum Gasteiger partial charge on any atom is -0.376 e. The zero-order valence-electron chi connectivity index (χ0n) is 12.5. The van der Waals surface area contributed by atoms with Gasteiger partial charge in [0.2, 0.25) is 5.91 Å². The molecule has 1 aromatic rings. The zero-order valence-corrected chi connectivity index (χ0v) is 12.5. The van der Waals surface area contributed by atoms with Gasteiger partial charge in [0.05, 0.1) is 19.1 Å². The number of ether oxygens (including phenoxy) is 1. The molecule has 4 heteroatoms. The zero-order chi connectivity index (χ0) is 14.5. The van der Waals surface area contributed by atoms with E-state index >= 15 is 0 Å². The summed E-state index contributed by atoms with van der Waals surface area (Å²) in [4.78, 5) is 14.4. The maximum Gasteiger partial charge on any atom is 0.227 e. The second-order valence-electron chi connectivity index (χ2n) is 6.13. The van der Waals surface area contributed by atoms with E-state index in [9.17, 15) is 4.79 Å². The van der Waals surface area contributed by atoms with Crippen molar-refractivity contribution in [1.82, 2.24) is 10.2 Å². The SMILES string of the molecule is O=C(C1CCNC1)N1CCC(COCc2ccccc2)C1. The summed E-state index contributed by atoms with van der Waals surface area (Å²) in [6.45, 7) is 5.01. The van der Waals surface area contributed by atoms with Gasteiger partial charge in [0.25, 0.3) is 0 Å². The van der Waals surface area contributed by atoms with E-state index in [0.29, 0.717) is 18.4 Å². The third kappa shape index (κ3) is 3.83. The van der Waals surface area contributed by atoms with Crippen molar-refractivity contribution in [2.24, 2.45) is 11.8 Å². The highest BCUT2D eigenvalue weighted by Gasteiger charge is 2.32. The topological polar surface area (TPSA) is 41.6 Å². The number of nitrogens with zero attached hydrogens (tertiary/aromatic N) is 1. The van der Waals surface area contributed by atoms with E-state index in [1.807, 2.05) is 23.1 Å². The first kappa shape index (κ1) is 14.5. The molecule has 0 aliphatic carbocycles. The number of rotatable bonds is 5. The molecule has 2 aliphatic rings. The summed E-state index contributed by atoms with van der Waals surface area (Å²) in [6, 6.07) is 10.2. The summed E-state index contributed by atoms with van der Waals surface area (Å²) in [5.41, 5.74) is 1.21. The molecule has 3 rings (SSSR count). The molecule has 21 heavy (non-hydrogen) atoms. The highest BCUT2D eigenvalue weighted by molar-refractivity contribution is 5.79. The molecular weight excluding hydrogens is 264 g/mol. The standard InChI is InChI=1S/C17H24N2O2/c20-17(16-6-8-18-10-16)19-9-7-15(11-19)13-21-12-14-4-2-1-3-5-14/h1-5,15-16,18H,6-13H2. The first-order chi connectivity index (χ1) is 10.3. The molecule has 2 aliphatic heterocycles. The van der Waals surface area contributed by atoms with Gasteiger partial charge in [-0.05, 0) is 24.9 Å². The van der Waals surface area contributed by atoms with E-state index in [-0.39, 0.29) is 5.92 Å². The molecule has 1 amide bonds. The lowest BCUT2D eigenvalue weighted by molar-refractivity contribution is -0.134. The van der Waals surface area contributed by atoms with Crippen LogP contribution in [0.4, 0.5) is 0 Å². The van der Waals surface area contributed by atoms with E-state index in [0.717, 1.165) is 45.6 Å². The van der Waals surface area contributed by atoms with Crippen LogP contribution in [0.3, 0.4) is 0 Å². The Bertz CT molecular complexity index is 457. The number of carbonyl (C=O) groups excluding carboxylic acids is 1. The molecule has 2 unspecified atom stereocenters. The summed E-state index contributed by atoms with van der Waals surface area (Å²) >= 11 is 0. The van der Waals surface area contributed by atoms with E-state index in [4.69, 9.17) is 4.74 Å². The average molecular weight is 288 g/mol. The van der Waals surface area contributed by atoms with Gasteiger partial charge in [-0.25, -0.2) is 0 Å². The lowest BCUT2D eigenvalue weighted by Gasteiger charge is -2.20. The molecule has 0 radical (unpaired) electrons. The third-order valence-electron chi connectivity index (χ3n) is 4.47. The number of hydrogen-bond acceptors (Lipinski definition) is 3. The van der Waals surface area contributed by atoms with Crippen LogP contribution >= 0.6 is 0 Å². The van der Waals surface area contributed by atoms with Crippen LogP contribution in [-0.4, -0.2) is 43.6 Å². The van der Waals surface area contributed by atoms with Crippen LogP contribution in [0, 0.1) is 11.8 Å². The molecule has 0 saturated carbocycles. The van der Waals surface area contributed by atoms with Crippen molar-refractivity contribution in [3.63, 3.8) is 0 Å². The molecule has 1 N–H and O–H groups in total. The number of carbonyl (C=O) groups is 1. The summed E-state index contributed by atoms with van der Waals surface area (Å²) in [5, 5.41) is 3.27. The highest BCUT2D eigenvalue weighted by atomic mass is 16.5. The number of amides is 1. The first-order valence-corrected chi connectivity index (χ1v) is 7.94. The third-order valence-corrected chi connectivity index (χ3v) is 4.47. The maximum absolute atomic E-state index is 12.3. The van der Waals surface area contributed by atoms with E-state index < -0.39 is 0 Å². The van der Waals surface area contributed by atoms with Gasteiger partial charge < -0.3 is 15.0 Å². The van der Waals surface area contributed by atoms with Crippen LogP contribution in [0.25, 0.3) is 0 Å². The molecule has 0 aromatic heterocycles. The Morgan fingerprint density at radius 2 is 2.14 bits per heavy atom. The van der Waals surface area contributed by atoms with Crippen molar-refractivity contribution >= 4 is 5.91 Å². The lowest BCUT2D eigenvalue weighted by Crippen LogP contribution is -2.35. The Labute approximate surface area is 126 Å². The van der Waals surface area contributed by atoms with E-state index in [2.05, 4.69) is 17.4 Å². The monoisotopic (exact) mass is 288 g/mol. The largest absolute Gasteiger partial charge is 0.376 e. The Morgan fingerprint density at radius 1 is 1.29 bits per heavy atom. The molecule has 2 heterocycles. The summed E-state index contributed by atoms with van der Waals surface area (Å²) in [5.74, 6) is 1.03. The number of likely N-dealkylation sites (tertiary alicyclic amines) is 1. The molecule has 0 spiro atoms. The summed E-state index contributed by atoms with van der Waals surface area (Å²) in [7, 11) is 0. The first-order valence-electron chi connectivity index (χ1n) is 7.94. The fourth-order valence-corrected chi connectivity index (χ4v) is 3.21. The van der Waals surface area contributed by atoms with Gasteiger partial charge in [-0.3, -0.25) is 4.79 Å². The van der Waals surface area contributed by atoms with E-state index in [1.165, 1.54) is 5.56 Å². The van der Waals surface area contributed by atoms with Gasteiger partial charge in [-0.1, -0.05) is 30.3 Å². The molecule has 4 nitrogen and oxygen atoms in total. The Morgan fingerprint density at radius 3 is 2.90 bits per heavy atom. The van der Waals surface area contributed by atoms with Crippen LogP contribution < -0.4 is 5.32 Å². The predicted molar refractivity (Wildman–Crippen MR) is 81.8 cm³/mol. The minimum atomic E-state index is 0.203. The fourth-order valence-electron chi connectivity index (χ4n) is 3.21. The van der Waals surface area contributed by atoms with Crippen molar-refractivity contribution in [3.05, 3.63) is 35.9 Å². The second-order valence-corrected chi connectivity index (χ2v) is 6.13. The Balaban J connectivity index is 1.39. The number of hydrogen-bond donors (Lipinski definition) is 1. The molecule has 2 atom stereocenters. The van der Waals surface area contributed by atoms with Crippen LogP contribution in [0.1, 0.15) is 18.4 Å². The second kappa shape index (κ2) is 7.05. The summed E-state index contributed by atoms with van der Waals surface area (Å²) in [6.07, 6.45) is 2.06. The fraction of sp³-hybridized carbons (Fsp3) is 0.588. The quantitative estimate of drug-likeness (QED) is 0.896. The van der Waals surface area contributed by atoms with Crippen LogP contribution in [0.2, 0.25) is 0 Å². The minimum absolute atomic E-state index is 0.203. The Kier molecular flexibility index (Phi) is 4.88. The Hall–Kier alpha value is -1.39. The molecule has 1 aromatic carbocycles. The molecule has 2 fully saturated rings. The predicted octanol–water partition coefficient (Wildman–Crippen LogP) is 1.66. The maximum atomic E-state index is 12.3. The van der Waals surface area contributed by atoms with Gasteiger partial charge >= 0.3 is 0 Å². The van der Waals surface area contributed by atoms with Gasteiger partial charge in [0.1, 0.15) is 0 Å². The highest BCUT2D eigenvalue weighted by Crippen LogP contribution is 2.21.